The van der Waals surface area contributed by atoms with Crippen molar-refractivity contribution in [1.29, 1.82) is 0 Å². The summed E-state index contributed by atoms with van der Waals surface area (Å²) < 4.78 is 1.79. The normalized spacial score (nSPS) is 14.3. The van der Waals surface area contributed by atoms with E-state index in [9.17, 15) is 9.59 Å². The quantitative estimate of drug-likeness (QED) is 0.800. The summed E-state index contributed by atoms with van der Waals surface area (Å²) in [5.41, 5.74) is 4.41. The lowest BCUT2D eigenvalue weighted by atomic mass is 10.0. The molecule has 0 spiro atoms. The van der Waals surface area contributed by atoms with Gasteiger partial charge in [-0.1, -0.05) is 23.8 Å². The largest absolute Gasteiger partial charge is 0.305 e. The summed E-state index contributed by atoms with van der Waals surface area (Å²) >= 11 is 0. The number of aldehydes is 1. The fourth-order valence-corrected chi connectivity index (χ4v) is 2.67. The third-order valence-corrected chi connectivity index (χ3v) is 3.84. The van der Waals surface area contributed by atoms with Crippen molar-refractivity contribution in [3.8, 4) is 11.3 Å². The van der Waals surface area contributed by atoms with E-state index in [1.54, 1.807) is 10.6 Å². The van der Waals surface area contributed by atoms with Crippen LogP contribution in [0.1, 0.15) is 40.4 Å². The molecule has 1 aliphatic carbocycles. The number of aryl methyl sites for hydroxylation is 2. The van der Waals surface area contributed by atoms with E-state index in [0.717, 1.165) is 29.7 Å². The zero-order valence-corrected chi connectivity index (χ0v) is 11.7. The zero-order chi connectivity index (χ0) is 14.3. The van der Waals surface area contributed by atoms with Crippen molar-refractivity contribution in [3.05, 3.63) is 57.4 Å². The van der Waals surface area contributed by atoms with E-state index in [2.05, 4.69) is 32.0 Å². The van der Waals surface area contributed by atoms with E-state index < -0.39 is 0 Å². The molecule has 1 aromatic heterocycles. The highest BCUT2D eigenvalue weighted by Gasteiger charge is 2.28. The number of carbonyl (C=O) groups is 1. The molecule has 0 atom stereocenters. The van der Waals surface area contributed by atoms with Crippen LogP contribution >= 0.6 is 0 Å². The highest BCUT2D eigenvalue weighted by atomic mass is 16.1. The van der Waals surface area contributed by atoms with Crippen LogP contribution in [-0.4, -0.2) is 10.9 Å². The monoisotopic (exact) mass is 267 g/mol. The van der Waals surface area contributed by atoms with Gasteiger partial charge in [0, 0.05) is 11.6 Å². The summed E-state index contributed by atoms with van der Waals surface area (Å²) in [7, 11) is 0. The van der Waals surface area contributed by atoms with Gasteiger partial charge in [0.05, 0.1) is 11.3 Å². The molecule has 1 aliphatic rings. The van der Waals surface area contributed by atoms with Crippen LogP contribution in [0.25, 0.3) is 11.3 Å². The summed E-state index contributed by atoms with van der Waals surface area (Å²) in [5.74, 6) is 0. The average Bonchev–Trinajstić information content (AvgIpc) is 3.23. The summed E-state index contributed by atoms with van der Waals surface area (Å²) in [6.07, 6.45) is 2.67. The topological polar surface area (TPSA) is 39.1 Å². The molecule has 2 aromatic rings. The minimum atomic E-state index is -0.167. The fraction of sp³-hybridized carbons (Fsp3) is 0.294. The third-order valence-electron chi connectivity index (χ3n) is 3.84. The minimum absolute atomic E-state index is 0.167. The molecule has 0 unspecified atom stereocenters. The molecule has 1 saturated carbocycles. The van der Waals surface area contributed by atoms with E-state index in [1.807, 2.05) is 6.07 Å². The smallest absolute Gasteiger partial charge is 0.261 e. The van der Waals surface area contributed by atoms with Gasteiger partial charge in [0.15, 0.2) is 6.29 Å². The van der Waals surface area contributed by atoms with Crippen LogP contribution in [0.3, 0.4) is 0 Å². The molecule has 1 aromatic carbocycles. The van der Waals surface area contributed by atoms with E-state index in [-0.39, 0.29) is 17.2 Å². The second-order valence-corrected chi connectivity index (χ2v) is 5.52. The fourth-order valence-electron chi connectivity index (χ4n) is 2.67. The molecule has 0 radical (unpaired) electrons. The number of carbonyl (C=O) groups excluding carboxylic acids is 1. The van der Waals surface area contributed by atoms with Crippen LogP contribution in [0.5, 0.6) is 0 Å². The minimum Gasteiger partial charge on any atom is -0.305 e. The molecule has 0 N–H and O–H groups in total. The summed E-state index contributed by atoms with van der Waals surface area (Å²) in [6.45, 7) is 4.11. The molecule has 0 saturated heterocycles. The van der Waals surface area contributed by atoms with E-state index in [4.69, 9.17) is 0 Å². The Morgan fingerprint density at radius 1 is 1.15 bits per heavy atom. The van der Waals surface area contributed by atoms with Crippen LogP contribution in [0.4, 0.5) is 0 Å². The van der Waals surface area contributed by atoms with Crippen molar-refractivity contribution >= 4 is 6.29 Å². The number of nitrogens with zero attached hydrogens (tertiary/aromatic N) is 1. The standard InChI is InChI=1S/C17H17NO2/c1-11-3-7-15(12(2)9-11)16-8-4-13(10-19)17(20)18(16)14-5-6-14/h3-4,7-10,14H,5-6H2,1-2H3. The summed E-state index contributed by atoms with van der Waals surface area (Å²) in [4.78, 5) is 23.4. The van der Waals surface area contributed by atoms with Crippen LogP contribution in [0.2, 0.25) is 0 Å². The van der Waals surface area contributed by atoms with Gasteiger partial charge in [0.2, 0.25) is 0 Å². The van der Waals surface area contributed by atoms with Crippen molar-refractivity contribution < 1.29 is 4.79 Å². The first-order valence-electron chi connectivity index (χ1n) is 6.90. The number of aromatic nitrogens is 1. The van der Waals surface area contributed by atoms with Crippen molar-refractivity contribution in [1.82, 2.24) is 4.57 Å². The number of rotatable bonds is 3. The number of pyridine rings is 1. The molecule has 3 nitrogen and oxygen atoms in total. The molecule has 102 valence electrons. The lowest BCUT2D eigenvalue weighted by Gasteiger charge is -2.15. The number of hydrogen-bond donors (Lipinski definition) is 0. The maximum atomic E-state index is 12.4. The molecule has 3 rings (SSSR count). The van der Waals surface area contributed by atoms with E-state index >= 15 is 0 Å². The van der Waals surface area contributed by atoms with Crippen molar-refractivity contribution in [2.45, 2.75) is 32.7 Å². The van der Waals surface area contributed by atoms with E-state index in [0.29, 0.717) is 6.29 Å². The first-order valence-corrected chi connectivity index (χ1v) is 6.90. The van der Waals surface area contributed by atoms with Crippen LogP contribution < -0.4 is 5.56 Å². The Hall–Kier alpha value is -2.16. The highest BCUT2D eigenvalue weighted by molar-refractivity contribution is 5.76. The molecule has 3 heteroatoms. The van der Waals surface area contributed by atoms with Gasteiger partial charge in [-0.2, -0.15) is 0 Å². The predicted molar refractivity (Wildman–Crippen MR) is 79.3 cm³/mol. The van der Waals surface area contributed by atoms with Gasteiger partial charge in [-0.25, -0.2) is 0 Å². The second-order valence-electron chi connectivity index (χ2n) is 5.52. The van der Waals surface area contributed by atoms with Gasteiger partial charge < -0.3 is 4.57 Å². The Morgan fingerprint density at radius 2 is 1.90 bits per heavy atom. The highest BCUT2D eigenvalue weighted by Crippen LogP contribution is 2.37. The van der Waals surface area contributed by atoms with Crippen molar-refractivity contribution in [2.75, 3.05) is 0 Å². The third kappa shape index (κ3) is 2.09. The lowest BCUT2D eigenvalue weighted by molar-refractivity contribution is 0.112. The lowest BCUT2D eigenvalue weighted by Crippen LogP contribution is -2.24. The van der Waals surface area contributed by atoms with Gasteiger partial charge in [-0.15, -0.1) is 0 Å². The average molecular weight is 267 g/mol. The van der Waals surface area contributed by atoms with Crippen molar-refractivity contribution in [2.24, 2.45) is 0 Å². The first kappa shape index (κ1) is 12.9. The van der Waals surface area contributed by atoms with Gasteiger partial charge >= 0.3 is 0 Å². The van der Waals surface area contributed by atoms with Gasteiger partial charge in [-0.05, 0) is 44.4 Å². The molecule has 1 heterocycles. The first-order chi connectivity index (χ1) is 9.61. The van der Waals surface area contributed by atoms with Crippen LogP contribution in [0, 0.1) is 13.8 Å². The molecule has 0 amide bonds. The second kappa shape index (κ2) is 4.75. The Kier molecular flexibility index (Phi) is 3.05. The Morgan fingerprint density at radius 3 is 2.50 bits per heavy atom. The summed E-state index contributed by atoms with van der Waals surface area (Å²) in [6, 6.07) is 9.99. The maximum Gasteiger partial charge on any atom is 0.261 e. The predicted octanol–water partition coefficient (Wildman–Crippen LogP) is 3.28. The van der Waals surface area contributed by atoms with Crippen molar-refractivity contribution in [3.63, 3.8) is 0 Å². The summed E-state index contributed by atoms with van der Waals surface area (Å²) in [5, 5.41) is 0. The Bertz CT molecular complexity index is 739. The molecule has 20 heavy (non-hydrogen) atoms. The van der Waals surface area contributed by atoms with Crippen LogP contribution in [0.15, 0.2) is 35.1 Å². The Labute approximate surface area is 117 Å². The van der Waals surface area contributed by atoms with E-state index in [1.165, 1.54) is 5.56 Å². The van der Waals surface area contributed by atoms with Gasteiger partial charge in [0.1, 0.15) is 0 Å². The number of benzene rings is 1. The van der Waals surface area contributed by atoms with Gasteiger partial charge in [-0.3, -0.25) is 9.59 Å². The van der Waals surface area contributed by atoms with Gasteiger partial charge in [0.25, 0.3) is 5.56 Å². The zero-order valence-electron chi connectivity index (χ0n) is 11.7. The molecule has 0 aliphatic heterocycles. The SMILES string of the molecule is Cc1ccc(-c2ccc(C=O)c(=O)n2C2CC2)c(C)c1. The molecule has 1 fully saturated rings. The molecular formula is C17H17NO2. The van der Waals surface area contributed by atoms with Crippen LogP contribution in [-0.2, 0) is 0 Å². The number of hydrogen-bond acceptors (Lipinski definition) is 2. The Balaban J connectivity index is 2.26. The maximum absolute atomic E-state index is 12.4. The molecular weight excluding hydrogens is 250 g/mol. The molecule has 0 bridgehead atoms.